The molecule has 1 heterocycles. The SMILES string of the molecule is COc1nc(NCCOCC(F)(F)F)ccc1N. The summed E-state index contributed by atoms with van der Waals surface area (Å²) >= 11 is 0. The van der Waals surface area contributed by atoms with Crippen molar-refractivity contribution >= 4 is 11.5 Å². The fourth-order valence-electron chi connectivity index (χ4n) is 1.15. The summed E-state index contributed by atoms with van der Waals surface area (Å²) in [7, 11) is 1.43. The highest BCUT2D eigenvalue weighted by molar-refractivity contribution is 5.53. The van der Waals surface area contributed by atoms with E-state index in [4.69, 9.17) is 10.5 Å². The Morgan fingerprint density at radius 2 is 2.11 bits per heavy atom. The Balaban J connectivity index is 2.31. The van der Waals surface area contributed by atoms with E-state index in [1.165, 1.54) is 7.11 Å². The third-order valence-electron chi connectivity index (χ3n) is 1.90. The Morgan fingerprint density at radius 3 is 2.72 bits per heavy atom. The molecule has 0 saturated carbocycles. The smallest absolute Gasteiger partial charge is 0.411 e. The maximum atomic E-state index is 11.8. The zero-order valence-corrected chi connectivity index (χ0v) is 9.75. The second-order valence-corrected chi connectivity index (χ2v) is 3.39. The van der Waals surface area contributed by atoms with Crippen molar-refractivity contribution in [1.82, 2.24) is 4.98 Å². The highest BCUT2D eigenvalue weighted by Crippen LogP contribution is 2.20. The normalized spacial score (nSPS) is 11.3. The Morgan fingerprint density at radius 1 is 1.39 bits per heavy atom. The van der Waals surface area contributed by atoms with Crippen LogP contribution < -0.4 is 15.8 Å². The number of ether oxygens (including phenoxy) is 2. The predicted molar refractivity (Wildman–Crippen MR) is 60.6 cm³/mol. The average molecular weight is 265 g/mol. The van der Waals surface area contributed by atoms with Crippen LogP contribution in [0.5, 0.6) is 5.88 Å². The van der Waals surface area contributed by atoms with Crippen LogP contribution in [0.2, 0.25) is 0 Å². The lowest BCUT2D eigenvalue weighted by atomic mass is 10.4. The minimum Gasteiger partial charge on any atom is -0.479 e. The van der Waals surface area contributed by atoms with Gasteiger partial charge >= 0.3 is 6.18 Å². The molecule has 0 radical (unpaired) electrons. The van der Waals surface area contributed by atoms with Gasteiger partial charge in [-0.05, 0) is 12.1 Å². The molecule has 0 aliphatic carbocycles. The van der Waals surface area contributed by atoms with Crippen molar-refractivity contribution in [2.75, 3.05) is 37.9 Å². The third kappa shape index (κ3) is 5.09. The molecule has 1 aromatic rings. The van der Waals surface area contributed by atoms with Gasteiger partial charge in [-0.25, -0.2) is 0 Å². The minimum absolute atomic E-state index is 0.0755. The van der Waals surface area contributed by atoms with Gasteiger partial charge in [-0.3, -0.25) is 0 Å². The monoisotopic (exact) mass is 265 g/mol. The van der Waals surface area contributed by atoms with Crippen molar-refractivity contribution in [3.63, 3.8) is 0 Å². The van der Waals surface area contributed by atoms with Crippen LogP contribution in [0, 0.1) is 0 Å². The highest BCUT2D eigenvalue weighted by Gasteiger charge is 2.27. The summed E-state index contributed by atoms with van der Waals surface area (Å²) in [6.07, 6.45) is -4.30. The van der Waals surface area contributed by atoms with E-state index < -0.39 is 12.8 Å². The van der Waals surface area contributed by atoms with Gasteiger partial charge in [0.05, 0.1) is 19.4 Å². The highest BCUT2D eigenvalue weighted by atomic mass is 19.4. The van der Waals surface area contributed by atoms with Crippen molar-refractivity contribution in [3.8, 4) is 5.88 Å². The first-order valence-electron chi connectivity index (χ1n) is 5.11. The molecular formula is C10H14F3N3O2. The Bertz CT molecular complexity index is 385. The van der Waals surface area contributed by atoms with Gasteiger partial charge in [0.1, 0.15) is 12.4 Å². The number of pyridine rings is 1. The van der Waals surface area contributed by atoms with Crippen molar-refractivity contribution in [1.29, 1.82) is 0 Å². The summed E-state index contributed by atoms with van der Waals surface area (Å²) in [4.78, 5) is 4.00. The van der Waals surface area contributed by atoms with Crippen molar-refractivity contribution in [2.45, 2.75) is 6.18 Å². The number of alkyl halides is 3. The fourth-order valence-corrected chi connectivity index (χ4v) is 1.15. The maximum absolute atomic E-state index is 11.8. The number of anilines is 2. The summed E-state index contributed by atoms with van der Waals surface area (Å²) < 4.78 is 44.6. The lowest BCUT2D eigenvalue weighted by Gasteiger charge is -2.10. The van der Waals surface area contributed by atoms with Crippen molar-refractivity contribution in [2.24, 2.45) is 0 Å². The fraction of sp³-hybridized carbons (Fsp3) is 0.500. The third-order valence-corrected chi connectivity index (χ3v) is 1.90. The Hall–Kier alpha value is -1.70. The first-order valence-corrected chi connectivity index (χ1v) is 5.11. The first kappa shape index (κ1) is 14.4. The number of nitrogens with zero attached hydrogens (tertiary/aromatic N) is 1. The van der Waals surface area contributed by atoms with E-state index >= 15 is 0 Å². The predicted octanol–water partition coefficient (Wildman–Crippen LogP) is 1.66. The maximum Gasteiger partial charge on any atom is 0.411 e. The number of halogens is 3. The zero-order chi connectivity index (χ0) is 13.6. The second kappa shape index (κ2) is 6.29. The summed E-state index contributed by atoms with van der Waals surface area (Å²) in [6, 6.07) is 3.19. The van der Waals surface area contributed by atoms with E-state index in [1.807, 2.05) is 0 Å². The van der Waals surface area contributed by atoms with Crippen molar-refractivity contribution in [3.05, 3.63) is 12.1 Å². The number of rotatable bonds is 6. The Kier molecular flexibility index (Phi) is 5.02. The van der Waals surface area contributed by atoms with Gasteiger partial charge in [0, 0.05) is 6.54 Å². The molecule has 102 valence electrons. The van der Waals surface area contributed by atoms with E-state index in [9.17, 15) is 13.2 Å². The van der Waals surface area contributed by atoms with E-state index in [0.717, 1.165) is 0 Å². The lowest BCUT2D eigenvalue weighted by Crippen LogP contribution is -2.20. The number of hydrogen-bond acceptors (Lipinski definition) is 5. The molecule has 0 unspecified atom stereocenters. The van der Waals surface area contributed by atoms with Crippen LogP contribution in [0.25, 0.3) is 0 Å². The number of aromatic nitrogens is 1. The molecule has 0 atom stereocenters. The molecule has 18 heavy (non-hydrogen) atoms. The Labute approximate surface area is 102 Å². The molecule has 0 aromatic carbocycles. The molecule has 1 aromatic heterocycles. The molecule has 0 amide bonds. The van der Waals surface area contributed by atoms with Crippen LogP contribution in [-0.2, 0) is 4.74 Å². The molecule has 3 N–H and O–H groups in total. The number of hydrogen-bond donors (Lipinski definition) is 2. The van der Waals surface area contributed by atoms with Gasteiger partial charge in [-0.1, -0.05) is 0 Å². The average Bonchev–Trinajstić information content (AvgIpc) is 2.29. The molecular weight excluding hydrogens is 251 g/mol. The number of nitrogens with one attached hydrogen (secondary N) is 1. The molecule has 0 saturated heterocycles. The molecule has 0 aliphatic heterocycles. The van der Waals surface area contributed by atoms with Crippen LogP contribution in [-0.4, -0.2) is 38.0 Å². The van der Waals surface area contributed by atoms with Crippen LogP contribution in [0.4, 0.5) is 24.7 Å². The molecule has 0 bridgehead atoms. The van der Waals surface area contributed by atoms with E-state index in [2.05, 4.69) is 15.0 Å². The van der Waals surface area contributed by atoms with Crippen molar-refractivity contribution < 1.29 is 22.6 Å². The largest absolute Gasteiger partial charge is 0.479 e. The topological polar surface area (TPSA) is 69.4 Å². The summed E-state index contributed by atoms with van der Waals surface area (Å²) in [5.74, 6) is 0.716. The van der Waals surface area contributed by atoms with Gasteiger partial charge < -0.3 is 20.5 Å². The van der Waals surface area contributed by atoms with Crippen LogP contribution in [0.15, 0.2) is 12.1 Å². The molecule has 0 aliphatic rings. The van der Waals surface area contributed by atoms with Gasteiger partial charge in [0.15, 0.2) is 0 Å². The quantitative estimate of drug-likeness (QED) is 0.766. The van der Waals surface area contributed by atoms with Crippen LogP contribution >= 0.6 is 0 Å². The molecule has 1 rings (SSSR count). The molecule has 5 nitrogen and oxygen atoms in total. The van der Waals surface area contributed by atoms with Crippen LogP contribution in [0.3, 0.4) is 0 Å². The number of nitrogens with two attached hydrogens (primary N) is 1. The number of methoxy groups -OCH3 is 1. The van der Waals surface area contributed by atoms with Gasteiger partial charge in [-0.15, -0.1) is 0 Å². The molecule has 0 fully saturated rings. The zero-order valence-electron chi connectivity index (χ0n) is 9.75. The van der Waals surface area contributed by atoms with E-state index in [-0.39, 0.29) is 19.0 Å². The van der Waals surface area contributed by atoms with Gasteiger partial charge in [0.2, 0.25) is 5.88 Å². The summed E-state index contributed by atoms with van der Waals surface area (Å²) in [5, 5.41) is 2.79. The second-order valence-electron chi connectivity index (χ2n) is 3.39. The van der Waals surface area contributed by atoms with E-state index in [1.54, 1.807) is 12.1 Å². The summed E-state index contributed by atoms with van der Waals surface area (Å²) in [6.45, 7) is -1.13. The van der Waals surface area contributed by atoms with E-state index in [0.29, 0.717) is 11.5 Å². The van der Waals surface area contributed by atoms with Gasteiger partial charge in [0.25, 0.3) is 0 Å². The molecule has 0 spiro atoms. The molecule has 8 heteroatoms. The standard InChI is InChI=1S/C10H14F3N3O2/c1-17-9-7(14)2-3-8(16-9)15-4-5-18-6-10(11,12)13/h2-3H,4-6,14H2,1H3,(H,15,16). The first-order chi connectivity index (χ1) is 8.42. The number of nitrogen functional groups attached to an aromatic ring is 1. The van der Waals surface area contributed by atoms with Gasteiger partial charge in [-0.2, -0.15) is 18.2 Å². The summed E-state index contributed by atoms with van der Waals surface area (Å²) in [5.41, 5.74) is 5.94. The minimum atomic E-state index is -4.30. The van der Waals surface area contributed by atoms with Crippen LogP contribution in [0.1, 0.15) is 0 Å². The lowest BCUT2D eigenvalue weighted by molar-refractivity contribution is -0.172.